The van der Waals surface area contributed by atoms with E-state index >= 15 is 0 Å². The number of nitrogens with one attached hydrogen (secondary N) is 2. The number of imide groups is 1. The molecular weight excluding hydrogens is 664 g/mol. The fourth-order valence-corrected chi connectivity index (χ4v) is 8.58. The largest absolute Gasteiger partial charge is 0.508 e. The molecule has 14 nitrogen and oxygen atoms in total. The number of phenolic OH excluding ortho intramolecular Hbond substituents is 1. The van der Waals surface area contributed by atoms with Gasteiger partial charge in [-0.25, -0.2) is 9.69 Å². The number of aromatic nitrogens is 1. The molecule has 4 heterocycles. The molecule has 3 aromatic rings. The van der Waals surface area contributed by atoms with Gasteiger partial charge in [0.25, 0.3) is 11.5 Å². The molecule has 4 amide bonds. The summed E-state index contributed by atoms with van der Waals surface area (Å²) in [5.74, 6) is -3.11. The van der Waals surface area contributed by atoms with Gasteiger partial charge in [0, 0.05) is 22.9 Å². The molecule has 0 saturated carbocycles. The van der Waals surface area contributed by atoms with Crippen molar-refractivity contribution < 1.29 is 34.2 Å². The van der Waals surface area contributed by atoms with Gasteiger partial charge in [0.05, 0.1) is 18.3 Å². The number of amides is 4. The summed E-state index contributed by atoms with van der Waals surface area (Å²) in [5, 5.41) is 22.1. The number of anilines is 1. The van der Waals surface area contributed by atoms with Crippen molar-refractivity contribution in [1.29, 1.82) is 0 Å². The van der Waals surface area contributed by atoms with Crippen LogP contribution < -0.4 is 21.5 Å². The molecule has 3 aliphatic heterocycles. The summed E-state index contributed by atoms with van der Waals surface area (Å²) in [5.41, 5.74) is 7.83. The molecular formula is C35H38N6O8S. The first kappa shape index (κ1) is 34.9. The highest BCUT2D eigenvalue weighted by atomic mass is 32.2. The second kappa shape index (κ2) is 13.4. The van der Waals surface area contributed by atoms with Gasteiger partial charge >= 0.3 is 5.97 Å². The van der Waals surface area contributed by atoms with Crippen LogP contribution in [0, 0.1) is 0 Å². The molecule has 50 heavy (non-hydrogen) atoms. The third kappa shape index (κ3) is 6.27. The number of hydrogen-bond donors (Lipinski definition) is 5. The fraction of sp³-hybridized carbons (Fsp3) is 0.371. The van der Waals surface area contributed by atoms with Crippen LogP contribution in [0.3, 0.4) is 0 Å². The molecule has 5 atom stereocenters. The van der Waals surface area contributed by atoms with Crippen molar-refractivity contribution >= 4 is 47.0 Å². The van der Waals surface area contributed by atoms with Gasteiger partial charge in [-0.3, -0.25) is 24.0 Å². The number of aliphatic carboxylic acids is 1. The van der Waals surface area contributed by atoms with Gasteiger partial charge in [0.15, 0.2) is 0 Å². The number of fused-ring (bicyclic) bond motifs is 1. The molecule has 0 bridgehead atoms. The topological polar surface area (TPSA) is 206 Å². The van der Waals surface area contributed by atoms with Crippen molar-refractivity contribution in [1.82, 2.24) is 20.1 Å². The van der Waals surface area contributed by atoms with E-state index in [1.54, 1.807) is 44.2 Å². The zero-order valence-corrected chi connectivity index (χ0v) is 28.5. The zero-order chi connectivity index (χ0) is 36.1. The number of rotatable bonds is 9. The number of β-lactam (4-membered cyclic amide) rings is 1. The van der Waals surface area contributed by atoms with Gasteiger partial charge in [0.1, 0.15) is 29.2 Å². The fourth-order valence-electron chi connectivity index (χ4n) is 6.88. The first-order chi connectivity index (χ1) is 23.7. The lowest BCUT2D eigenvalue weighted by Gasteiger charge is -2.48. The van der Waals surface area contributed by atoms with Crippen LogP contribution in [0.2, 0.25) is 0 Å². The number of phenols is 1. The highest BCUT2D eigenvalue weighted by molar-refractivity contribution is 8.01. The number of carbonyl (C=O) groups excluding carboxylic acids is 4. The molecule has 1 aromatic heterocycles. The van der Waals surface area contributed by atoms with Crippen LogP contribution in [0.5, 0.6) is 5.75 Å². The second-order valence-electron chi connectivity index (χ2n) is 13.2. The molecule has 6 N–H and O–H groups in total. The van der Waals surface area contributed by atoms with Crippen molar-refractivity contribution in [3.05, 3.63) is 82.1 Å². The summed E-state index contributed by atoms with van der Waals surface area (Å²) >= 11 is 1.27. The van der Waals surface area contributed by atoms with E-state index < -0.39 is 63.5 Å². The highest BCUT2D eigenvalue weighted by Gasteiger charge is 2.66. The first-order valence-electron chi connectivity index (χ1n) is 16.2. The van der Waals surface area contributed by atoms with Gasteiger partial charge in [-0.1, -0.05) is 24.3 Å². The SMILES string of the molecule is CC(=O)N(C(=O)C1CCCN1)c1ccc(-c2ccc(CN(C(=O)C(N)c3ccc(O)cc3)[C@@H]3C(=O)N4[C@@H]3SC(C)(C)[C@@H]4C(=O)O)c(=O)[nH]2)cc1. The van der Waals surface area contributed by atoms with E-state index in [-0.39, 0.29) is 23.8 Å². The predicted molar refractivity (Wildman–Crippen MR) is 185 cm³/mol. The summed E-state index contributed by atoms with van der Waals surface area (Å²) in [6.07, 6.45) is 1.49. The number of pyridine rings is 1. The van der Waals surface area contributed by atoms with E-state index in [0.29, 0.717) is 35.5 Å². The number of nitrogens with two attached hydrogens (primary N) is 1. The average Bonchev–Trinajstić information content (AvgIpc) is 3.70. The maximum Gasteiger partial charge on any atom is 0.327 e. The van der Waals surface area contributed by atoms with E-state index in [0.717, 1.165) is 11.3 Å². The van der Waals surface area contributed by atoms with Crippen LogP contribution in [0.15, 0.2) is 65.5 Å². The first-order valence-corrected chi connectivity index (χ1v) is 17.1. The Bertz CT molecular complexity index is 1910. The van der Waals surface area contributed by atoms with Gasteiger partial charge < -0.3 is 36.0 Å². The minimum Gasteiger partial charge on any atom is -0.508 e. The van der Waals surface area contributed by atoms with Crippen LogP contribution in [-0.2, 0) is 30.5 Å². The van der Waals surface area contributed by atoms with Gasteiger partial charge in [-0.15, -0.1) is 11.8 Å². The van der Waals surface area contributed by atoms with Crippen molar-refractivity contribution in [2.24, 2.45) is 5.73 Å². The molecule has 2 unspecified atom stereocenters. The molecule has 0 aliphatic carbocycles. The van der Waals surface area contributed by atoms with Gasteiger partial charge in [0.2, 0.25) is 17.7 Å². The van der Waals surface area contributed by atoms with E-state index in [9.17, 15) is 39.0 Å². The minimum atomic E-state index is -1.24. The lowest BCUT2D eigenvalue weighted by molar-refractivity contribution is -0.169. The number of thioether (sulfide) groups is 1. The number of carboxylic acid groups (broad SMARTS) is 1. The number of nitrogens with zero attached hydrogens (tertiary/aromatic N) is 3. The molecule has 262 valence electrons. The number of hydrogen-bond acceptors (Lipinski definition) is 10. The Hall–Kier alpha value is -4.99. The lowest BCUT2D eigenvalue weighted by atomic mass is 9.94. The quantitative estimate of drug-likeness (QED) is 0.204. The summed E-state index contributed by atoms with van der Waals surface area (Å²) in [4.78, 5) is 85.1. The number of carboxylic acids is 1. The van der Waals surface area contributed by atoms with Crippen LogP contribution in [0.25, 0.3) is 11.3 Å². The van der Waals surface area contributed by atoms with Crippen LogP contribution in [0.4, 0.5) is 5.69 Å². The van der Waals surface area contributed by atoms with Crippen molar-refractivity contribution in [3.8, 4) is 17.0 Å². The van der Waals surface area contributed by atoms with E-state index in [4.69, 9.17) is 5.73 Å². The Morgan fingerprint density at radius 1 is 1.04 bits per heavy atom. The van der Waals surface area contributed by atoms with Crippen LogP contribution in [0.1, 0.15) is 50.8 Å². The van der Waals surface area contributed by atoms with Crippen molar-refractivity contribution in [3.63, 3.8) is 0 Å². The lowest BCUT2D eigenvalue weighted by Crippen LogP contribution is -2.71. The molecule has 6 rings (SSSR count). The summed E-state index contributed by atoms with van der Waals surface area (Å²) in [6.45, 7) is 5.20. The standard InChI is InChI=1S/C35H38N6O8S/c1-18(42)40(30(45)25-5-4-16-37-25)22-11-6-19(7-12-22)24-15-10-21(29(44)38-24)17-39(31(46)26(36)20-8-13-23(43)14-9-20)27-32(47)41-28(34(48)49)35(2,3)50-33(27)41/h6-15,25-28,33,37,43H,4-5,16-17,36H2,1-3H3,(H,38,44)(H,48,49)/t25?,26?,27-,28+,33-/m1/s1. The maximum absolute atomic E-state index is 14.0. The smallest absolute Gasteiger partial charge is 0.327 e. The molecule has 0 spiro atoms. The number of aromatic hydroxyl groups is 1. The molecule has 15 heteroatoms. The Kier molecular flexibility index (Phi) is 9.33. The highest BCUT2D eigenvalue weighted by Crippen LogP contribution is 2.52. The molecule has 3 aliphatic rings. The van der Waals surface area contributed by atoms with E-state index in [1.807, 2.05) is 0 Å². The zero-order valence-electron chi connectivity index (χ0n) is 27.7. The van der Waals surface area contributed by atoms with Crippen LogP contribution in [-0.4, -0.2) is 89.4 Å². The van der Waals surface area contributed by atoms with E-state index in [1.165, 1.54) is 58.8 Å². The second-order valence-corrected chi connectivity index (χ2v) is 15.0. The van der Waals surface area contributed by atoms with Gasteiger partial charge in [-0.05, 0) is 80.8 Å². The Morgan fingerprint density at radius 3 is 2.30 bits per heavy atom. The summed E-state index contributed by atoms with van der Waals surface area (Å²) in [6, 6.07) is 11.7. The number of H-pyrrole nitrogens is 1. The maximum atomic E-state index is 14.0. The minimum absolute atomic E-state index is 0.0216. The number of carbonyl (C=O) groups is 5. The molecule has 3 fully saturated rings. The van der Waals surface area contributed by atoms with E-state index in [2.05, 4.69) is 10.3 Å². The van der Waals surface area contributed by atoms with Crippen molar-refractivity contribution in [2.45, 2.75) is 74.4 Å². The van der Waals surface area contributed by atoms with Crippen molar-refractivity contribution in [2.75, 3.05) is 11.4 Å². The molecule has 2 aromatic carbocycles. The van der Waals surface area contributed by atoms with Gasteiger partial charge in [-0.2, -0.15) is 0 Å². The third-order valence-electron chi connectivity index (χ3n) is 9.45. The monoisotopic (exact) mass is 702 g/mol. The predicted octanol–water partition coefficient (Wildman–Crippen LogP) is 1.92. The molecule has 0 radical (unpaired) electrons. The number of aromatic amines is 1. The summed E-state index contributed by atoms with van der Waals surface area (Å²) < 4.78 is -0.842. The number of benzene rings is 2. The summed E-state index contributed by atoms with van der Waals surface area (Å²) in [7, 11) is 0. The Labute approximate surface area is 291 Å². The molecule has 3 saturated heterocycles. The average molecular weight is 703 g/mol. The Balaban J connectivity index is 1.27. The third-order valence-corrected chi connectivity index (χ3v) is 11.0. The van der Waals surface area contributed by atoms with Crippen LogP contribution >= 0.6 is 11.8 Å². The Morgan fingerprint density at radius 2 is 1.72 bits per heavy atom. The normalized spacial score (nSPS) is 22.7.